The van der Waals surface area contributed by atoms with Crippen molar-refractivity contribution < 1.29 is 4.79 Å². The number of amides is 1. The highest BCUT2D eigenvalue weighted by molar-refractivity contribution is 7.07. The highest BCUT2D eigenvalue weighted by atomic mass is 32.1. The van der Waals surface area contributed by atoms with E-state index in [0.717, 1.165) is 38.0 Å². The van der Waals surface area contributed by atoms with Gasteiger partial charge in [0.2, 0.25) is 5.91 Å². The van der Waals surface area contributed by atoms with Gasteiger partial charge in [-0.3, -0.25) is 9.48 Å². The van der Waals surface area contributed by atoms with Gasteiger partial charge >= 0.3 is 0 Å². The summed E-state index contributed by atoms with van der Waals surface area (Å²) < 4.78 is 2.05. The molecule has 5 heteroatoms. The molecule has 2 aromatic heterocycles. The highest BCUT2D eigenvalue weighted by Crippen LogP contribution is 2.21. The van der Waals surface area contributed by atoms with Gasteiger partial charge in [-0.05, 0) is 61.6 Å². The Morgan fingerprint density at radius 3 is 3.00 bits per heavy atom. The van der Waals surface area contributed by atoms with Gasteiger partial charge in [0.15, 0.2) is 0 Å². The zero-order valence-corrected chi connectivity index (χ0v) is 14.1. The Balaban J connectivity index is 1.60. The first-order valence-corrected chi connectivity index (χ1v) is 8.89. The van der Waals surface area contributed by atoms with Crippen LogP contribution in [0.25, 0.3) is 0 Å². The number of nitrogens with zero attached hydrogens (tertiary/aromatic N) is 3. The lowest BCUT2D eigenvalue weighted by atomic mass is 10.1. The first-order chi connectivity index (χ1) is 10.6. The Bertz CT molecular complexity index is 632. The summed E-state index contributed by atoms with van der Waals surface area (Å²) in [6.45, 7) is 5.82. The molecule has 0 aliphatic carbocycles. The predicted molar refractivity (Wildman–Crippen MR) is 89.1 cm³/mol. The topological polar surface area (TPSA) is 38.1 Å². The molecule has 3 rings (SSSR count). The maximum absolute atomic E-state index is 12.5. The number of likely N-dealkylation sites (tertiary alicyclic amines) is 1. The summed E-state index contributed by atoms with van der Waals surface area (Å²) >= 11 is 1.69. The number of carbonyl (C=O) groups excluding carboxylic acids is 1. The molecule has 0 bridgehead atoms. The Morgan fingerprint density at radius 2 is 2.32 bits per heavy atom. The fourth-order valence-electron chi connectivity index (χ4n) is 3.24. The zero-order chi connectivity index (χ0) is 15.5. The minimum absolute atomic E-state index is 0.287. The van der Waals surface area contributed by atoms with E-state index in [0.29, 0.717) is 12.5 Å². The van der Waals surface area contributed by atoms with E-state index in [1.54, 1.807) is 11.3 Å². The molecule has 2 aromatic rings. The summed E-state index contributed by atoms with van der Waals surface area (Å²) in [5.74, 6) is 0.287. The number of thiophene rings is 1. The Kier molecular flexibility index (Phi) is 4.62. The SMILES string of the molecule is Cc1cc(C)n(C[C@H]2CCCN2C(=O)CCc2ccsc2)n1. The van der Waals surface area contributed by atoms with E-state index in [2.05, 4.69) is 39.8 Å². The molecule has 1 aliphatic rings. The van der Waals surface area contributed by atoms with Crippen LogP contribution in [0.3, 0.4) is 0 Å². The van der Waals surface area contributed by atoms with Crippen molar-refractivity contribution >= 4 is 17.2 Å². The molecular formula is C17H23N3OS. The lowest BCUT2D eigenvalue weighted by molar-refractivity contribution is -0.132. The predicted octanol–water partition coefficient (Wildman–Crippen LogP) is 3.19. The third-order valence-electron chi connectivity index (χ3n) is 4.39. The number of aromatic nitrogens is 2. The maximum atomic E-state index is 12.5. The Hall–Kier alpha value is -1.62. The number of carbonyl (C=O) groups is 1. The van der Waals surface area contributed by atoms with Crippen molar-refractivity contribution in [3.63, 3.8) is 0 Å². The molecule has 4 nitrogen and oxygen atoms in total. The van der Waals surface area contributed by atoms with Crippen LogP contribution < -0.4 is 0 Å². The summed E-state index contributed by atoms with van der Waals surface area (Å²) in [7, 11) is 0. The molecule has 0 aromatic carbocycles. The van der Waals surface area contributed by atoms with E-state index in [4.69, 9.17) is 0 Å². The van der Waals surface area contributed by atoms with Crippen molar-refractivity contribution in [3.8, 4) is 0 Å². The van der Waals surface area contributed by atoms with Crippen LogP contribution in [0.1, 0.15) is 36.2 Å². The molecule has 1 fully saturated rings. The van der Waals surface area contributed by atoms with Gasteiger partial charge in [0.25, 0.3) is 0 Å². The van der Waals surface area contributed by atoms with Gasteiger partial charge in [0.05, 0.1) is 18.3 Å². The largest absolute Gasteiger partial charge is 0.338 e. The zero-order valence-electron chi connectivity index (χ0n) is 13.3. The highest BCUT2D eigenvalue weighted by Gasteiger charge is 2.29. The van der Waals surface area contributed by atoms with Crippen molar-refractivity contribution in [2.75, 3.05) is 6.54 Å². The fourth-order valence-corrected chi connectivity index (χ4v) is 3.95. The fraction of sp³-hybridized carbons (Fsp3) is 0.529. The van der Waals surface area contributed by atoms with E-state index >= 15 is 0 Å². The van der Waals surface area contributed by atoms with Gasteiger partial charge in [-0.1, -0.05) is 0 Å². The standard InChI is InChI=1S/C17H23N3OS/c1-13-10-14(2)20(18-13)11-16-4-3-8-19(16)17(21)6-5-15-7-9-22-12-15/h7,9-10,12,16H,3-6,8,11H2,1-2H3/t16-/m1/s1. The monoisotopic (exact) mass is 317 g/mol. The number of hydrogen-bond donors (Lipinski definition) is 0. The molecule has 0 N–H and O–H groups in total. The number of hydrogen-bond acceptors (Lipinski definition) is 3. The van der Waals surface area contributed by atoms with Gasteiger partial charge in [0, 0.05) is 18.7 Å². The molecule has 22 heavy (non-hydrogen) atoms. The molecule has 1 aliphatic heterocycles. The van der Waals surface area contributed by atoms with Crippen LogP contribution in [0.2, 0.25) is 0 Å². The summed E-state index contributed by atoms with van der Waals surface area (Å²) in [5, 5.41) is 8.73. The molecule has 1 atom stereocenters. The molecule has 0 unspecified atom stereocenters. The van der Waals surface area contributed by atoms with E-state index < -0.39 is 0 Å². The minimum atomic E-state index is 0.287. The van der Waals surface area contributed by atoms with Crippen LogP contribution in [-0.4, -0.2) is 33.2 Å². The van der Waals surface area contributed by atoms with Crippen molar-refractivity contribution in [2.24, 2.45) is 0 Å². The van der Waals surface area contributed by atoms with E-state index in [-0.39, 0.29) is 5.91 Å². The van der Waals surface area contributed by atoms with Crippen LogP contribution in [0.15, 0.2) is 22.9 Å². The average Bonchev–Trinajstić information content (AvgIpc) is 3.20. The minimum Gasteiger partial charge on any atom is -0.338 e. The third kappa shape index (κ3) is 3.40. The molecule has 3 heterocycles. The molecular weight excluding hydrogens is 294 g/mol. The molecule has 118 valence electrons. The van der Waals surface area contributed by atoms with Crippen LogP contribution in [-0.2, 0) is 17.8 Å². The van der Waals surface area contributed by atoms with Crippen LogP contribution in [0, 0.1) is 13.8 Å². The molecule has 0 saturated carbocycles. The smallest absolute Gasteiger partial charge is 0.223 e. The van der Waals surface area contributed by atoms with Crippen LogP contribution in [0.4, 0.5) is 0 Å². The number of aryl methyl sites for hydroxylation is 3. The molecule has 0 spiro atoms. The van der Waals surface area contributed by atoms with Gasteiger partial charge in [-0.2, -0.15) is 16.4 Å². The lowest BCUT2D eigenvalue weighted by Crippen LogP contribution is -2.38. The molecule has 1 amide bonds. The first-order valence-electron chi connectivity index (χ1n) is 7.95. The van der Waals surface area contributed by atoms with E-state index in [1.165, 1.54) is 11.3 Å². The van der Waals surface area contributed by atoms with Crippen molar-refractivity contribution in [2.45, 2.75) is 52.1 Å². The van der Waals surface area contributed by atoms with Crippen molar-refractivity contribution in [3.05, 3.63) is 39.8 Å². The second-order valence-electron chi connectivity index (χ2n) is 6.12. The van der Waals surface area contributed by atoms with Gasteiger partial charge in [-0.25, -0.2) is 0 Å². The summed E-state index contributed by atoms with van der Waals surface area (Å²) in [4.78, 5) is 14.6. The van der Waals surface area contributed by atoms with Crippen molar-refractivity contribution in [1.82, 2.24) is 14.7 Å². The Morgan fingerprint density at radius 1 is 1.45 bits per heavy atom. The third-order valence-corrected chi connectivity index (χ3v) is 5.12. The summed E-state index contributed by atoms with van der Waals surface area (Å²) in [5.41, 5.74) is 3.49. The second kappa shape index (κ2) is 6.65. The second-order valence-corrected chi connectivity index (χ2v) is 6.90. The number of rotatable bonds is 5. The van der Waals surface area contributed by atoms with Gasteiger partial charge in [-0.15, -0.1) is 0 Å². The van der Waals surface area contributed by atoms with Gasteiger partial charge < -0.3 is 4.90 Å². The normalized spacial score (nSPS) is 18.1. The van der Waals surface area contributed by atoms with Gasteiger partial charge in [0.1, 0.15) is 0 Å². The summed E-state index contributed by atoms with van der Waals surface area (Å²) in [6, 6.07) is 4.50. The van der Waals surface area contributed by atoms with Crippen molar-refractivity contribution in [1.29, 1.82) is 0 Å². The van der Waals surface area contributed by atoms with Crippen LogP contribution in [0.5, 0.6) is 0 Å². The Labute approximate surface area is 135 Å². The molecule has 0 radical (unpaired) electrons. The lowest BCUT2D eigenvalue weighted by Gasteiger charge is -2.25. The van der Waals surface area contributed by atoms with Crippen LogP contribution >= 0.6 is 11.3 Å². The van der Waals surface area contributed by atoms with E-state index in [1.807, 2.05) is 11.6 Å². The van der Waals surface area contributed by atoms with E-state index in [9.17, 15) is 4.79 Å². The molecule has 1 saturated heterocycles. The average molecular weight is 317 g/mol. The first kappa shape index (κ1) is 15.3. The quantitative estimate of drug-likeness (QED) is 0.849. The summed E-state index contributed by atoms with van der Waals surface area (Å²) in [6.07, 6.45) is 3.66. The maximum Gasteiger partial charge on any atom is 0.223 e.